The van der Waals surface area contributed by atoms with E-state index in [1.165, 1.54) is 4.31 Å². The van der Waals surface area contributed by atoms with E-state index in [1.807, 2.05) is 82.3 Å². The fraction of sp³-hybridized carbons (Fsp3) is 0.217. The highest BCUT2D eigenvalue weighted by atomic mass is 32.2. The number of hydrogen-bond acceptors (Lipinski definition) is 2. The zero-order valence-electron chi connectivity index (χ0n) is 16.2. The summed E-state index contributed by atoms with van der Waals surface area (Å²) in [7, 11) is -3.69. The first-order chi connectivity index (χ1) is 12.8. The molecule has 3 rings (SSSR count). The van der Waals surface area contributed by atoms with E-state index in [4.69, 9.17) is 0 Å². The molecule has 0 radical (unpaired) electrons. The topological polar surface area (TPSA) is 37.4 Å². The van der Waals surface area contributed by atoms with Gasteiger partial charge in [0, 0.05) is 0 Å². The summed E-state index contributed by atoms with van der Waals surface area (Å²) < 4.78 is 28.6. The van der Waals surface area contributed by atoms with Gasteiger partial charge in [-0.05, 0) is 62.6 Å². The van der Waals surface area contributed by atoms with Crippen molar-refractivity contribution in [2.24, 2.45) is 0 Å². The van der Waals surface area contributed by atoms with E-state index in [-0.39, 0.29) is 0 Å². The maximum absolute atomic E-state index is 13.5. The third-order valence-corrected chi connectivity index (χ3v) is 6.42. The summed E-state index contributed by atoms with van der Waals surface area (Å²) in [5.74, 6) is 0. The summed E-state index contributed by atoms with van der Waals surface area (Å²) in [5, 5.41) is 0. The van der Waals surface area contributed by atoms with Gasteiger partial charge in [-0.2, -0.15) is 0 Å². The fourth-order valence-corrected chi connectivity index (χ4v) is 4.61. The second kappa shape index (κ2) is 7.57. The third-order valence-electron chi connectivity index (χ3n) is 4.65. The van der Waals surface area contributed by atoms with Crippen molar-refractivity contribution in [1.29, 1.82) is 0 Å². The molecular weight excluding hydrogens is 354 g/mol. The first-order valence-electron chi connectivity index (χ1n) is 8.99. The molecule has 0 spiro atoms. The number of benzene rings is 3. The number of hydrogen-bond donors (Lipinski definition) is 0. The summed E-state index contributed by atoms with van der Waals surface area (Å²) in [6, 6.07) is 20.9. The van der Waals surface area contributed by atoms with Crippen LogP contribution in [0.4, 0.5) is 5.69 Å². The van der Waals surface area contributed by atoms with E-state index in [9.17, 15) is 8.42 Å². The lowest BCUT2D eigenvalue weighted by Gasteiger charge is -2.27. The van der Waals surface area contributed by atoms with Gasteiger partial charge in [-0.25, -0.2) is 8.42 Å². The van der Waals surface area contributed by atoms with E-state index in [0.29, 0.717) is 11.4 Å². The number of sulfonamides is 1. The quantitative estimate of drug-likeness (QED) is 0.602. The van der Waals surface area contributed by atoms with Crippen molar-refractivity contribution in [2.75, 3.05) is 4.31 Å². The minimum Gasteiger partial charge on any atom is -0.262 e. The van der Waals surface area contributed by atoms with Crippen molar-refractivity contribution in [3.63, 3.8) is 0 Å². The molecule has 0 aromatic heterocycles. The summed E-state index contributed by atoms with van der Waals surface area (Å²) >= 11 is 0. The summed E-state index contributed by atoms with van der Waals surface area (Å²) in [4.78, 5) is 0.307. The van der Waals surface area contributed by atoms with Crippen molar-refractivity contribution >= 4 is 15.7 Å². The molecule has 3 nitrogen and oxygen atoms in total. The van der Waals surface area contributed by atoms with Crippen LogP contribution in [0.15, 0.2) is 71.6 Å². The van der Waals surface area contributed by atoms with Gasteiger partial charge in [-0.1, -0.05) is 59.7 Å². The first kappa shape index (κ1) is 19.2. The molecular formula is C23H25NO2S. The van der Waals surface area contributed by atoms with Crippen LogP contribution in [0.1, 0.15) is 27.8 Å². The largest absolute Gasteiger partial charge is 0.264 e. The summed E-state index contributed by atoms with van der Waals surface area (Å²) in [6.45, 7) is 8.18. The van der Waals surface area contributed by atoms with Crippen molar-refractivity contribution < 1.29 is 8.42 Å². The standard InChI is InChI=1S/C23H25NO2S/c1-17-9-12-22(13-10-17)27(25,26)24(16-21-7-5-6-18(2)14-21)23-15-19(3)8-11-20(23)4/h5-15H,16H2,1-4H3. The predicted molar refractivity (Wildman–Crippen MR) is 112 cm³/mol. The molecule has 0 saturated carbocycles. The molecule has 0 bridgehead atoms. The van der Waals surface area contributed by atoms with Crippen LogP contribution in [0.5, 0.6) is 0 Å². The van der Waals surface area contributed by atoms with E-state index in [2.05, 4.69) is 0 Å². The highest BCUT2D eigenvalue weighted by molar-refractivity contribution is 7.92. The summed E-state index contributed by atoms with van der Waals surface area (Å²) in [6.07, 6.45) is 0. The molecule has 3 aromatic rings. The average Bonchev–Trinajstić information content (AvgIpc) is 2.62. The summed E-state index contributed by atoms with van der Waals surface area (Å²) in [5.41, 5.74) is 5.80. The Labute approximate surface area is 162 Å². The Morgan fingerprint density at radius 3 is 2.04 bits per heavy atom. The molecule has 0 unspecified atom stereocenters. The lowest BCUT2D eigenvalue weighted by Crippen LogP contribution is -2.31. The van der Waals surface area contributed by atoms with Crippen molar-refractivity contribution in [1.82, 2.24) is 0 Å². The molecule has 0 aliphatic carbocycles. The highest BCUT2D eigenvalue weighted by Gasteiger charge is 2.26. The maximum Gasteiger partial charge on any atom is 0.264 e. The van der Waals surface area contributed by atoms with Gasteiger partial charge in [0.05, 0.1) is 17.1 Å². The van der Waals surface area contributed by atoms with Gasteiger partial charge in [0.15, 0.2) is 0 Å². The van der Waals surface area contributed by atoms with Crippen LogP contribution in [0.25, 0.3) is 0 Å². The second-order valence-electron chi connectivity index (χ2n) is 7.10. The molecule has 27 heavy (non-hydrogen) atoms. The first-order valence-corrected chi connectivity index (χ1v) is 10.4. The van der Waals surface area contributed by atoms with Gasteiger partial charge in [0.1, 0.15) is 0 Å². The molecule has 3 aromatic carbocycles. The molecule has 0 fully saturated rings. The van der Waals surface area contributed by atoms with Crippen LogP contribution in [0.2, 0.25) is 0 Å². The van der Waals surface area contributed by atoms with Crippen LogP contribution in [0, 0.1) is 27.7 Å². The van der Waals surface area contributed by atoms with E-state index < -0.39 is 10.0 Å². The minimum atomic E-state index is -3.69. The predicted octanol–water partition coefficient (Wildman–Crippen LogP) is 5.32. The maximum atomic E-state index is 13.5. The van der Waals surface area contributed by atoms with Crippen LogP contribution in [-0.2, 0) is 16.6 Å². The monoisotopic (exact) mass is 379 g/mol. The van der Waals surface area contributed by atoms with E-state index in [1.54, 1.807) is 12.1 Å². The Morgan fingerprint density at radius 2 is 1.37 bits per heavy atom. The smallest absolute Gasteiger partial charge is 0.262 e. The van der Waals surface area contributed by atoms with E-state index in [0.717, 1.165) is 33.5 Å². The number of anilines is 1. The average molecular weight is 380 g/mol. The van der Waals surface area contributed by atoms with Gasteiger partial charge in [-0.3, -0.25) is 4.31 Å². The Hall–Kier alpha value is -2.59. The molecule has 4 heteroatoms. The lowest BCUT2D eigenvalue weighted by molar-refractivity contribution is 0.590. The van der Waals surface area contributed by atoms with Crippen LogP contribution >= 0.6 is 0 Å². The van der Waals surface area contributed by atoms with Gasteiger partial charge < -0.3 is 0 Å². The normalized spacial score (nSPS) is 11.4. The molecule has 0 saturated heterocycles. The lowest BCUT2D eigenvalue weighted by atomic mass is 10.1. The highest BCUT2D eigenvalue weighted by Crippen LogP contribution is 2.30. The Kier molecular flexibility index (Phi) is 5.38. The molecule has 0 aliphatic rings. The molecule has 0 heterocycles. The molecule has 140 valence electrons. The number of rotatable bonds is 5. The van der Waals surface area contributed by atoms with Gasteiger partial charge in [0.2, 0.25) is 0 Å². The van der Waals surface area contributed by atoms with Crippen LogP contribution in [-0.4, -0.2) is 8.42 Å². The number of aryl methyl sites for hydroxylation is 4. The molecule has 0 N–H and O–H groups in total. The Bertz CT molecular complexity index is 1050. The molecule has 0 amide bonds. The van der Waals surface area contributed by atoms with Gasteiger partial charge >= 0.3 is 0 Å². The molecule has 0 aliphatic heterocycles. The van der Waals surface area contributed by atoms with Crippen molar-refractivity contribution in [3.8, 4) is 0 Å². The Morgan fingerprint density at radius 1 is 0.741 bits per heavy atom. The zero-order valence-corrected chi connectivity index (χ0v) is 17.0. The van der Waals surface area contributed by atoms with E-state index >= 15 is 0 Å². The fourth-order valence-electron chi connectivity index (χ4n) is 3.10. The van der Waals surface area contributed by atoms with Crippen LogP contribution < -0.4 is 4.31 Å². The molecule has 0 atom stereocenters. The third kappa shape index (κ3) is 4.22. The number of nitrogens with zero attached hydrogens (tertiary/aromatic N) is 1. The van der Waals surface area contributed by atoms with Crippen LogP contribution in [0.3, 0.4) is 0 Å². The second-order valence-corrected chi connectivity index (χ2v) is 8.97. The van der Waals surface area contributed by atoms with Gasteiger partial charge in [-0.15, -0.1) is 0 Å². The van der Waals surface area contributed by atoms with Gasteiger partial charge in [0.25, 0.3) is 10.0 Å². The zero-order chi connectivity index (χ0) is 19.6. The van der Waals surface area contributed by atoms with Crippen molar-refractivity contribution in [3.05, 3.63) is 94.5 Å². The Balaban J connectivity index is 2.14. The van der Waals surface area contributed by atoms with Crippen molar-refractivity contribution in [2.45, 2.75) is 39.1 Å². The SMILES string of the molecule is Cc1ccc(S(=O)(=O)N(Cc2cccc(C)c2)c2cc(C)ccc2C)cc1. The minimum absolute atomic E-state index is 0.294.